The molecule has 0 aromatic heterocycles. The van der Waals surface area contributed by atoms with Crippen LogP contribution < -0.4 is 10.2 Å². The van der Waals surface area contributed by atoms with Crippen LogP contribution in [0.4, 0.5) is 11.4 Å². The molecule has 2 aromatic rings. The Hall–Kier alpha value is -2.35. The summed E-state index contributed by atoms with van der Waals surface area (Å²) >= 11 is 1.87. The molecule has 0 aliphatic carbocycles. The van der Waals surface area contributed by atoms with Gasteiger partial charge in [0.1, 0.15) is 5.78 Å². The Labute approximate surface area is 207 Å². The third kappa shape index (κ3) is 6.62. The molecule has 0 saturated carbocycles. The molecule has 4 rings (SSSR count). The first-order valence-corrected chi connectivity index (χ1v) is 13.2. The molecule has 0 atom stereocenters. The molecule has 6 nitrogen and oxygen atoms in total. The highest BCUT2D eigenvalue weighted by molar-refractivity contribution is 7.99. The van der Waals surface area contributed by atoms with E-state index in [0.29, 0.717) is 19.4 Å². The molecule has 34 heavy (non-hydrogen) atoms. The number of hydrogen-bond acceptors (Lipinski definition) is 6. The normalized spacial score (nSPS) is 16.1. The number of nitrogens with one attached hydrogen (secondary N) is 1. The number of anilines is 2. The molecule has 7 heteroatoms. The van der Waals surface area contributed by atoms with Crippen LogP contribution in [0.25, 0.3) is 0 Å². The Balaban J connectivity index is 1.21. The molecule has 2 aromatic carbocycles. The summed E-state index contributed by atoms with van der Waals surface area (Å²) in [5.41, 5.74) is 3.95. The van der Waals surface area contributed by atoms with E-state index in [1.807, 2.05) is 11.8 Å². The van der Waals surface area contributed by atoms with Gasteiger partial charge in [-0.25, -0.2) is 0 Å². The molecule has 2 aliphatic heterocycles. The van der Waals surface area contributed by atoms with Gasteiger partial charge in [-0.1, -0.05) is 30.0 Å². The summed E-state index contributed by atoms with van der Waals surface area (Å²) in [4.78, 5) is 32.9. The number of fused-ring (bicyclic) bond motifs is 2. The number of ketones is 1. The van der Waals surface area contributed by atoms with Crippen molar-refractivity contribution < 1.29 is 9.59 Å². The van der Waals surface area contributed by atoms with Gasteiger partial charge >= 0.3 is 0 Å². The molecule has 1 saturated heterocycles. The second kappa shape index (κ2) is 11.9. The number of benzene rings is 2. The van der Waals surface area contributed by atoms with Gasteiger partial charge in [0, 0.05) is 68.4 Å². The molecular formula is C27H36N4O2S. The van der Waals surface area contributed by atoms with Crippen molar-refractivity contribution in [3.8, 4) is 0 Å². The highest BCUT2D eigenvalue weighted by Crippen LogP contribution is 2.48. The van der Waals surface area contributed by atoms with Crippen LogP contribution in [0.15, 0.2) is 52.3 Å². The molecule has 1 fully saturated rings. The molecule has 1 amide bonds. The van der Waals surface area contributed by atoms with Crippen LogP contribution >= 0.6 is 11.8 Å². The largest absolute Gasteiger partial charge is 0.355 e. The molecule has 182 valence electrons. The number of hydrogen-bond donors (Lipinski definition) is 1. The summed E-state index contributed by atoms with van der Waals surface area (Å²) in [6.45, 7) is 11.5. The van der Waals surface area contributed by atoms with Crippen LogP contribution in [0, 0.1) is 6.92 Å². The van der Waals surface area contributed by atoms with E-state index in [2.05, 4.69) is 69.4 Å². The predicted octanol–water partition coefficient (Wildman–Crippen LogP) is 4.09. The lowest BCUT2D eigenvalue weighted by Gasteiger charge is -2.36. The van der Waals surface area contributed by atoms with Crippen LogP contribution in [0.5, 0.6) is 0 Å². The molecule has 0 spiro atoms. The number of rotatable bonds is 10. The fraction of sp³-hybridized carbons (Fsp3) is 0.481. The minimum atomic E-state index is -0.0247. The number of aryl methyl sites for hydroxylation is 1. The molecule has 1 N–H and O–H groups in total. The minimum absolute atomic E-state index is 0.0247. The van der Waals surface area contributed by atoms with Gasteiger partial charge in [-0.15, -0.1) is 0 Å². The van der Waals surface area contributed by atoms with Crippen molar-refractivity contribution in [1.82, 2.24) is 15.1 Å². The highest BCUT2D eigenvalue weighted by atomic mass is 32.2. The summed E-state index contributed by atoms with van der Waals surface area (Å²) in [7, 11) is 0. The Morgan fingerprint density at radius 3 is 2.35 bits per heavy atom. The van der Waals surface area contributed by atoms with Crippen LogP contribution in [-0.2, 0) is 9.59 Å². The lowest BCUT2D eigenvalue weighted by molar-refractivity contribution is -0.124. The molecule has 0 bridgehead atoms. The fourth-order valence-electron chi connectivity index (χ4n) is 4.60. The second-order valence-electron chi connectivity index (χ2n) is 9.28. The Morgan fingerprint density at radius 1 is 0.882 bits per heavy atom. The van der Waals surface area contributed by atoms with Crippen molar-refractivity contribution >= 4 is 34.8 Å². The smallest absolute Gasteiger partial charge is 0.220 e. The molecule has 2 heterocycles. The first kappa shape index (κ1) is 24.8. The first-order chi connectivity index (χ1) is 16.5. The zero-order valence-electron chi connectivity index (χ0n) is 20.4. The summed E-state index contributed by atoms with van der Waals surface area (Å²) in [6, 6.07) is 15.5. The summed E-state index contributed by atoms with van der Waals surface area (Å²) in [6.07, 6.45) is 1.75. The monoisotopic (exact) mass is 480 g/mol. The van der Waals surface area contributed by atoms with Gasteiger partial charge in [0.15, 0.2) is 0 Å². The van der Waals surface area contributed by atoms with E-state index in [1.54, 1.807) is 0 Å². The van der Waals surface area contributed by atoms with Gasteiger partial charge in [0.2, 0.25) is 5.91 Å². The molecule has 2 aliphatic rings. The van der Waals surface area contributed by atoms with Crippen molar-refractivity contribution in [2.75, 3.05) is 57.3 Å². The van der Waals surface area contributed by atoms with Crippen LogP contribution in [0.1, 0.15) is 31.7 Å². The predicted molar refractivity (Wildman–Crippen MR) is 139 cm³/mol. The van der Waals surface area contributed by atoms with E-state index in [4.69, 9.17) is 0 Å². The Morgan fingerprint density at radius 2 is 1.59 bits per heavy atom. The lowest BCUT2D eigenvalue weighted by Crippen LogP contribution is -2.48. The van der Waals surface area contributed by atoms with Gasteiger partial charge in [0.05, 0.1) is 11.4 Å². The van der Waals surface area contributed by atoms with E-state index in [9.17, 15) is 9.59 Å². The van der Waals surface area contributed by atoms with Gasteiger partial charge in [-0.2, -0.15) is 0 Å². The maximum absolute atomic E-state index is 11.8. The van der Waals surface area contributed by atoms with Gasteiger partial charge < -0.3 is 19.9 Å². The van der Waals surface area contributed by atoms with Crippen LogP contribution in [0.2, 0.25) is 0 Å². The topological polar surface area (TPSA) is 55.9 Å². The standard InChI is InChI=1S/C27H36N4O2S/c1-21-8-10-26-24(20-21)31(23-6-3-4-7-25(23)34-26)14-5-13-29-16-18-30(19-17-29)15-12-28-27(33)11-9-22(2)32/h3-4,6-8,10,20H,5,9,11-19H2,1-2H3,(H,28,33). The Bertz CT molecular complexity index is 1000. The highest BCUT2D eigenvalue weighted by Gasteiger charge is 2.23. The van der Waals surface area contributed by atoms with E-state index < -0.39 is 0 Å². The van der Waals surface area contributed by atoms with Crippen LogP contribution in [0.3, 0.4) is 0 Å². The van der Waals surface area contributed by atoms with Crippen molar-refractivity contribution in [2.45, 2.75) is 42.9 Å². The second-order valence-corrected chi connectivity index (χ2v) is 10.4. The van der Waals surface area contributed by atoms with Gasteiger partial charge in [-0.3, -0.25) is 9.69 Å². The number of carbonyl (C=O) groups is 2. The zero-order valence-corrected chi connectivity index (χ0v) is 21.2. The number of piperazine rings is 1. The average molecular weight is 481 g/mol. The molecule has 0 unspecified atom stereocenters. The summed E-state index contributed by atoms with van der Waals surface area (Å²) < 4.78 is 0. The lowest BCUT2D eigenvalue weighted by atomic mass is 10.1. The number of nitrogens with zero attached hydrogens (tertiary/aromatic N) is 3. The van der Waals surface area contributed by atoms with Crippen LogP contribution in [-0.4, -0.2) is 73.8 Å². The minimum Gasteiger partial charge on any atom is -0.355 e. The first-order valence-electron chi connectivity index (χ1n) is 12.4. The maximum atomic E-state index is 11.8. The SMILES string of the molecule is CC(=O)CCC(=O)NCCN1CCN(CCCN2c3ccccc3Sc3ccc(C)cc32)CC1. The molecular weight excluding hydrogens is 444 g/mol. The summed E-state index contributed by atoms with van der Waals surface area (Å²) in [5.74, 6) is 0.0391. The van der Waals surface area contributed by atoms with E-state index in [-0.39, 0.29) is 11.7 Å². The van der Waals surface area contributed by atoms with E-state index in [0.717, 1.165) is 52.2 Å². The van der Waals surface area contributed by atoms with Crippen molar-refractivity contribution in [3.63, 3.8) is 0 Å². The van der Waals surface area contributed by atoms with Gasteiger partial charge in [-0.05, 0) is 56.6 Å². The van der Waals surface area contributed by atoms with Gasteiger partial charge in [0.25, 0.3) is 0 Å². The van der Waals surface area contributed by atoms with Crippen molar-refractivity contribution in [2.24, 2.45) is 0 Å². The zero-order chi connectivity index (χ0) is 23.9. The summed E-state index contributed by atoms with van der Waals surface area (Å²) in [5, 5.41) is 2.93. The van der Waals surface area contributed by atoms with Crippen molar-refractivity contribution in [3.05, 3.63) is 48.0 Å². The van der Waals surface area contributed by atoms with Crippen molar-refractivity contribution in [1.29, 1.82) is 0 Å². The average Bonchev–Trinajstić information content (AvgIpc) is 2.83. The maximum Gasteiger partial charge on any atom is 0.220 e. The Kier molecular flexibility index (Phi) is 8.64. The fourth-order valence-corrected chi connectivity index (χ4v) is 5.68. The third-order valence-electron chi connectivity index (χ3n) is 6.56. The number of carbonyl (C=O) groups excluding carboxylic acids is 2. The molecule has 0 radical (unpaired) electrons. The van der Waals surface area contributed by atoms with E-state index >= 15 is 0 Å². The quantitative estimate of drug-likeness (QED) is 0.553. The third-order valence-corrected chi connectivity index (χ3v) is 7.69. The number of Topliss-reactive ketones (excluding diaryl/α,β-unsaturated/α-hetero) is 1. The van der Waals surface area contributed by atoms with E-state index in [1.165, 1.54) is 33.7 Å². The number of amides is 1. The number of para-hydroxylation sites is 1.